The second-order valence-corrected chi connectivity index (χ2v) is 5.22. The smallest absolute Gasteiger partial charge is 0.861 e. The van der Waals surface area contributed by atoms with Gasteiger partial charge in [-0.3, -0.25) is 9.69 Å². The van der Waals surface area contributed by atoms with E-state index in [0.717, 1.165) is 30.6 Å². The Morgan fingerprint density at radius 3 is 2.16 bits per heavy atom. The molecule has 0 aromatic heterocycles. The van der Waals surface area contributed by atoms with Gasteiger partial charge in [-0.05, 0) is 30.6 Å². The number of hydrogen-bond acceptors (Lipinski definition) is 3. The summed E-state index contributed by atoms with van der Waals surface area (Å²) in [4.78, 5) is 28.6. The van der Waals surface area contributed by atoms with Crippen LogP contribution in [0.2, 0.25) is 0 Å². The van der Waals surface area contributed by atoms with Crippen LogP contribution in [-0.2, 0) is 4.79 Å². The molecular weight excluding hydrogens is 255 g/mol. The first-order chi connectivity index (χ1) is 8.49. The second-order valence-electron chi connectivity index (χ2n) is 5.22. The Kier molecular flexibility index (Phi) is 5.21. The van der Waals surface area contributed by atoms with Crippen molar-refractivity contribution in [1.29, 1.82) is 0 Å². The van der Waals surface area contributed by atoms with E-state index in [-0.39, 0.29) is 47.3 Å². The van der Waals surface area contributed by atoms with Gasteiger partial charge in [-0.15, -0.1) is 0 Å². The number of hydrogen-bond donors (Lipinski definition) is 0. The number of aliphatic imine (C=N–C) groups is 1. The monoisotopic (exact) mass is 274 g/mol. The molecule has 2 atom stereocenters. The molecule has 0 aromatic rings. The number of carbonyl (C=O) groups is 2. The van der Waals surface area contributed by atoms with E-state index in [2.05, 4.69) is 4.99 Å². The molecule has 0 aromatic carbocycles. The number of imide groups is 1. The molecule has 0 radical (unpaired) electrons. The summed E-state index contributed by atoms with van der Waals surface area (Å²) >= 11 is 0. The predicted octanol–water partition coefficient (Wildman–Crippen LogP) is -1.83. The Labute approximate surface area is 135 Å². The maximum Gasteiger partial charge on any atom is 1.00 e. The molecular formula is C13H19N2NaO3. The minimum Gasteiger partial charge on any atom is -0.861 e. The average molecular weight is 274 g/mol. The van der Waals surface area contributed by atoms with Crippen LogP contribution in [0.15, 0.2) is 4.99 Å². The predicted molar refractivity (Wildman–Crippen MR) is 64.8 cm³/mol. The van der Waals surface area contributed by atoms with Crippen molar-refractivity contribution in [2.24, 2.45) is 22.2 Å². The largest absolute Gasteiger partial charge is 1.00 e. The molecule has 6 heteroatoms. The van der Waals surface area contributed by atoms with Crippen LogP contribution in [0.1, 0.15) is 39.5 Å². The zero-order valence-electron chi connectivity index (χ0n) is 12.1. The summed E-state index contributed by atoms with van der Waals surface area (Å²) in [6.45, 7) is 3.98. The Hall–Kier alpha value is -0.390. The molecule has 1 saturated carbocycles. The van der Waals surface area contributed by atoms with Crippen LogP contribution in [0, 0.1) is 17.3 Å². The third-order valence-electron chi connectivity index (χ3n) is 4.63. The minimum absolute atomic E-state index is 0. The molecule has 1 aliphatic carbocycles. The summed E-state index contributed by atoms with van der Waals surface area (Å²) in [6, 6.07) is -0.729. The van der Waals surface area contributed by atoms with Gasteiger partial charge in [0.25, 0.3) is 0 Å². The minimum atomic E-state index is -1.06. The molecule has 5 nitrogen and oxygen atoms in total. The number of amides is 3. The summed E-state index contributed by atoms with van der Waals surface area (Å²) in [7, 11) is 1.42. The SMILES string of the molecule is CCC1CCC(CC)C12C(=O)N(C)C(=O)N=C2[O-].[Na+]. The van der Waals surface area contributed by atoms with Crippen LogP contribution >= 0.6 is 0 Å². The third kappa shape index (κ3) is 2.16. The van der Waals surface area contributed by atoms with Crippen LogP contribution in [0.4, 0.5) is 4.79 Å². The van der Waals surface area contributed by atoms with Gasteiger partial charge in [-0.1, -0.05) is 26.7 Å². The fourth-order valence-corrected chi connectivity index (χ4v) is 3.65. The van der Waals surface area contributed by atoms with E-state index in [1.165, 1.54) is 7.05 Å². The van der Waals surface area contributed by atoms with Crippen molar-refractivity contribution in [3.05, 3.63) is 0 Å². The summed E-state index contributed by atoms with van der Waals surface area (Å²) in [5.74, 6) is -0.820. The average Bonchev–Trinajstić information content (AvgIpc) is 2.73. The van der Waals surface area contributed by atoms with Gasteiger partial charge in [0.15, 0.2) is 0 Å². The number of nitrogens with zero attached hydrogens (tertiary/aromatic N) is 2. The van der Waals surface area contributed by atoms with Crippen LogP contribution < -0.4 is 34.7 Å². The standard InChI is InChI=1S/C13H20N2O3.Na/c1-4-8-6-7-9(5-2)13(8)10(16)14-12(18)15(3)11(13)17;/h8-9H,4-7H2,1-3H3,(H,14,16,18);/q;+1/p-1. The maximum absolute atomic E-state index is 12.5. The fourth-order valence-electron chi connectivity index (χ4n) is 3.65. The first kappa shape index (κ1) is 16.7. The van der Waals surface area contributed by atoms with Gasteiger partial charge in [0.05, 0.1) is 5.41 Å². The first-order valence-corrected chi connectivity index (χ1v) is 6.58. The van der Waals surface area contributed by atoms with E-state index in [4.69, 9.17) is 0 Å². The molecule has 19 heavy (non-hydrogen) atoms. The van der Waals surface area contributed by atoms with Crippen molar-refractivity contribution in [3.8, 4) is 0 Å². The molecule has 1 aliphatic heterocycles. The molecule has 0 N–H and O–H groups in total. The van der Waals surface area contributed by atoms with Gasteiger partial charge in [0.1, 0.15) is 0 Å². The Bertz CT molecular complexity index is 410. The summed E-state index contributed by atoms with van der Waals surface area (Å²) in [6.07, 6.45) is 3.27. The van der Waals surface area contributed by atoms with Crippen molar-refractivity contribution < 1.29 is 44.3 Å². The number of rotatable bonds is 2. The normalized spacial score (nSPS) is 34.5. The zero-order chi connectivity index (χ0) is 13.5. The van der Waals surface area contributed by atoms with Crippen molar-refractivity contribution in [1.82, 2.24) is 4.90 Å². The Morgan fingerprint density at radius 1 is 1.26 bits per heavy atom. The summed E-state index contributed by atoms with van der Waals surface area (Å²) in [5.41, 5.74) is -1.06. The van der Waals surface area contributed by atoms with Gasteiger partial charge in [0.2, 0.25) is 5.91 Å². The molecule has 2 unspecified atom stereocenters. The molecule has 0 saturated heterocycles. The van der Waals surface area contributed by atoms with Crippen LogP contribution in [-0.4, -0.2) is 29.8 Å². The third-order valence-corrected chi connectivity index (χ3v) is 4.63. The molecule has 1 fully saturated rings. The molecule has 0 bridgehead atoms. The van der Waals surface area contributed by atoms with Gasteiger partial charge in [0, 0.05) is 7.05 Å². The molecule has 2 aliphatic rings. The van der Waals surface area contributed by atoms with Gasteiger partial charge in [-0.2, -0.15) is 0 Å². The zero-order valence-corrected chi connectivity index (χ0v) is 14.1. The summed E-state index contributed by atoms with van der Waals surface area (Å²) in [5, 5.41) is 12.3. The first-order valence-electron chi connectivity index (χ1n) is 6.58. The van der Waals surface area contributed by atoms with Crippen LogP contribution in [0.3, 0.4) is 0 Å². The topological polar surface area (TPSA) is 72.8 Å². The van der Waals surface area contributed by atoms with Gasteiger partial charge >= 0.3 is 35.6 Å². The Balaban J connectivity index is 0.00000180. The Morgan fingerprint density at radius 2 is 1.74 bits per heavy atom. The van der Waals surface area contributed by atoms with E-state index in [1.807, 2.05) is 13.8 Å². The second kappa shape index (κ2) is 5.94. The van der Waals surface area contributed by atoms with E-state index in [9.17, 15) is 14.7 Å². The van der Waals surface area contributed by atoms with Crippen molar-refractivity contribution in [2.75, 3.05) is 7.05 Å². The van der Waals surface area contributed by atoms with Crippen molar-refractivity contribution in [2.45, 2.75) is 39.5 Å². The van der Waals surface area contributed by atoms with Crippen molar-refractivity contribution in [3.63, 3.8) is 0 Å². The van der Waals surface area contributed by atoms with Crippen molar-refractivity contribution >= 4 is 17.8 Å². The number of urea groups is 1. The van der Waals surface area contributed by atoms with Gasteiger partial charge in [-0.25, -0.2) is 9.79 Å². The molecule has 1 heterocycles. The molecule has 100 valence electrons. The quantitative estimate of drug-likeness (QED) is 0.556. The summed E-state index contributed by atoms with van der Waals surface area (Å²) < 4.78 is 0. The number of carbonyl (C=O) groups excluding carboxylic acids is 2. The van der Waals surface area contributed by atoms with E-state index < -0.39 is 17.3 Å². The van der Waals surface area contributed by atoms with Gasteiger partial charge < -0.3 is 5.11 Å². The molecule has 3 amide bonds. The van der Waals surface area contributed by atoms with E-state index in [0.29, 0.717) is 0 Å². The van der Waals surface area contributed by atoms with Crippen LogP contribution in [0.25, 0.3) is 0 Å². The molecule has 1 spiro atoms. The van der Waals surface area contributed by atoms with E-state index in [1.54, 1.807) is 0 Å². The molecule has 2 rings (SSSR count). The fraction of sp³-hybridized carbons (Fsp3) is 0.769. The maximum atomic E-state index is 12.5. The van der Waals surface area contributed by atoms with Crippen LogP contribution in [0.5, 0.6) is 0 Å². The van der Waals surface area contributed by atoms with E-state index >= 15 is 0 Å².